The molecular formula is C13H19N3O2. The van der Waals surface area contributed by atoms with Gasteiger partial charge in [-0.15, -0.1) is 0 Å². The first-order valence-electron chi connectivity index (χ1n) is 6.19. The molecule has 18 heavy (non-hydrogen) atoms. The topological polar surface area (TPSA) is 56.7 Å². The molecule has 98 valence electrons. The van der Waals surface area contributed by atoms with E-state index >= 15 is 0 Å². The average molecular weight is 249 g/mol. The largest absolute Gasteiger partial charge is 0.476 e. The van der Waals surface area contributed by atoms with E-state index in [1.165, 1.54) is 6.20 Å². The fourth-order valence-corrected chi connectivity index (χ4v) is 2.56. The lowest BCUT2D eigenvalue weighted by atomic mass is 10.2. The van der Waals surface area contributed by atoms with Crippen LogP contribution in [0.5, 0.6) is 0 Å². The maximum Gasteiger partial charge on any atom is 0.356 e. The molecule has 1 N–H and O–H groups in total. The van der Waals surface area contributed by atoms with Gasteiger partial charge in [0.1, 0.15) is 0 Å². The first kappa shape index (κ1) is 12.8. The number of anilines is 1. The summed E-state index contributed by atoms with van der Waals surface area (Å²) in [5, 5.41) is 9.19. The molecule has 0 aromatic carbocycles. The molecule has 1 aromatic rings. The minimum absolute atomic E-state index is 0.156. The Bertz CT molecular complexity index is 434. The minimum atomic E-state index is -0.957. The predicted molar refractivity (Wildman–Crippen MR) is 70.1 cm³/mol. The van der Waals surface area contributed by atoms with Crippen molar-refractivity contribution < 1.29 is 9.90 Å². The summed E-state index contributed by atoms with van der Waals surface area (Å²) in [4.78, 5) is 19.5. The molecule has 0 aliphatic carbocycles. The molecule has 0 bridgehead atoms. The highest BCUT2D eigenvalue weighted by Crippen LogP contribution is 2.27. The molecule has 0 spiro atoms. The van der Waals surface area contributed by atoms with Crippen molar-refractivity contribution in [2.24, 2.45) is 0 Å². The van der Waals surface area contributed by atoms with Gasteiger partial charge in [0.05, 0.1) is 5.69 Å². The highest BCUT2D eigenvalue weighted by Gasteiger charge is 2.28. The van der Waals surface area contributed by atoms with Crippen molar-refractivity contribution in [3.05, 3.63) is 24.0 Å². The van der Waals surface area contributed by atoms with Crippen LogP contribution in [0.25, 0.3) is 0 Å². The van der Waals surface area contributed by atoms with Crippen molar-refractivity contribution in [3.8, 4) is 0 Å². The zero-order chi connectivity index (χ0) is 13.1. The van der Waals surface area contributed by atoms with E-state index in [2.05, 4.69) is 14.8 Å². The number of likely N-dealkylation sites (N-methyl/N-ethyl adjacent to an activating group) is 1. The van der Waals surface area contributed by atoms with Gasteiger partial charge in [0.25, 0.3) is 0 Å². The lowest BCUT2D eigenvalue weighted by Gasteiger charge is -2.29. The molecule has 1 atom stereocenters. The molecular weight excluding hydrogens is 230 g/mol. The Hall–Kier alpha value is -1.62. The molecule has 2 heterocycles. The third kappa shape index (κ3) is 2.61. The van der Waals surface area contributed by atoms with Gasteiger partial charge in [-0.3, -0.25) is 0 Å². The van der Waals surface area contributed by atoms with Gasteiger partial charge in [0.2, 0.25) is 0 Å². The zero-order valence-corrected chi connectivity index (χ0v) is 10.8. The van der Waals surface area contributed by atoms with Crippen LogP contribution < -0.4 is 4.90 Å². The molecule has 1 aliphatic heterocycles. The van der Waals surface area contributed by atoms with Gasteiger partial charge in [-0.2, -0.15) is 0 Å². The Morgan fingerprint density at radius 3 is 3.06 bits per heavy atom. The summed E-state index contributed by atoms with van der Waals surface area (Å²) in [6, 6.07) is 4.03. The second-order valence-electron chi connectivity index (χ2n) is 4.93. The maximum atomic E-state index is 11.2. The number of hydrogen-bond acceptors (Lipinski definition) is 4. The molecule has 1 aliphatic rings. The van der Waals surface area contributed by atoms with Crippen LogP contribution in [0.4, 0.5) is 5.69 Å². The van der Waals surface area contributed by atoms with Gasteiger partial charge in [0, 0.05) is 25.3 Å². The van der Waals surface area contributed by atoms with Crippen LogP contribution in [-0.4, -0.2) is 54.2 Å². The van der Waals surface area contributed by atoms with E-state index in [4.69, 9.17) is 0 Å². The summed E-state index contributed by atoms with van der Waals surface area (Å²) in [6.45, 7) is 1.85. The highest BCUT2D eigenvalue weighted by atomic mass is 16.4. The normalized spacial score (nSPS) is 19.5. The smallest absolute Gasteiger partial charge is 0.356 e. The van der Waals surface area contributed by atoms with Crippen LogP contribution in [0, 0.1) is 0 Å². The standard InChI is InChI=1S/C13H19N3O2/c1-15(2)9-10-5-4-8-16(10)11-6-3-7-14-12(11)13(17)18/h3,6-7,10H,4-5,8-9H2,1-2H3,(H,17,18). The van der Waals surface area contributed by atoms with Gasteiger partial charge in [-0.05, 0) is 39.1 Å². The van der Waals surface area contributed by atoms with Crippen LogP contribution >= 0.6 is 0 Å². The Balaban J connectivity index is 2.27. The maximum absolute atomic E-state index is 11.2. The molecule has 1 saturated heterocycles. The third-order valence-corrected chi connectivity index (χ3v) is 3.25. The van der Waals surface area contributed by atoms with E-state index in [9.17, 15) is 9.90 Å². The minimum Gasteiger partial charge on any atom is -0.476 e. The molecule has 2 rings (SSSR count). The number of nitrogens with zero attached hydrogens (tertiary/aromatic N) is 3. The van der Waals surface area contributed by atoms with Crippen molar-refractivity contribution in [1.82, 2.24) is 9.88 Å². The summed E-state index contributed by atoms with van der Waals surface area (Å²) in [5.74, 6) is -0.957. The predicted octanol–water partition coefficient (Wildman–Crippen LogP) is 1.31. The van der Waals surface area contributed by atoms with E-state index in [0.717, 1.165) is 31.6 Å². The summed E-state index contributed by atoms with van der Waals surface area (Å²) < 4.78 is 0. The number of pyridine rings is 1. The number of rotatable bonds is 4. The lowest BCUT2D eigenvalue weighted by Crippen LogP contribution is -2.38. The van der Waals surface area contributed by atoms with Crippen LogP contribution in [0.15, 0.2) is 18.3 Å². The van der Waals surface area contributed by atoms with Crippen molar-refractivity contribution in [2.45, 2.75) is 18.9 Å². The molecule has 0 saturated carbocycles. The fourth-order valence-electron chi connectivity index (χ4n) is 2.56. The van der Waals surface area contributed by atoms with Gasteiger partial charge in [0.15, 0.2) is 5.69 Å². The number of carboxylic acid groups (broad SMARTS) is 1. The van der Waals surface area contributed by atoms with E-state index in [-0.39, 0.29) is 5.69 Å². The van der Waals surface area contributed by atoms with Crippen molar-refractivity contribution in [3.63, 3.8) is 0 Å². The summed E-state index contributed by atoms with van der Waals surface area (Å²) >= 11 is 0. The van der Waals surface area contributed by atoms with Gasteiger partial charge < -0.3 is 14.9 Å². The van der Waals surface area contributed by atoms with Crippen LogP contribution in [-0.2, 0) is 0 Å². The molecule has 1 aromatic heterocycles. The second-order valence-corrected chi connectivity index (χ2v) is 4.93. The molecule has 1 fully saturated rings. The average Bonchev–Trinajstić information content (AvgIpc) is 2.76. The Morgan fingerprint density at radius 2 is 2.39 bits per heavy atom. The summed E-state index contributed by atoms with van der Waals surface area (Å²) in [6.07, 6.45) is 3.74. The van der Waals surface area contributed by atoms with Gasteiger partial charge in [-0.1, -0.05) is 0 Å². The van der Waals surface area contributed by atoms with Crippen LogP contribution in [0.3, 0.4) is 0 Å². The number of aromatic nitrogens is 1. The Morgan fingerprint density at radius 1 is 1.61 bits per heavy atom. The molecule has 1 unspecified atom stereocenters. The van der Waals surface area contributed by atoms with Crippen LogP contribution in [0.1, 0.15) is 23.3 Å². The van der Waals surface area contributed by atoms with Crippen LogP contribution in [0.2, 0.25) is 0 Å². The quantitative estimate of drug-likeness (QED) is 0.872. The third-order valence-electron chi connectivity index (χ3n) is 3.25. The van der Waals surface area contributed by atoms with E-state index in [1.54, 1.807) is 6.07 Å². The Labute approximate surface area is 107 Å². The molecule has 5 heteroatoms. The monoisotopic (exact) mass is 249 g/mol. The number of carboxylic acids is 1. The lowest BCUT2D eigenvalue weighted by molar-refractivity contribution is 0.0691. The SMILES string of the molecule is CN(C)CC1CCCN1c1cccnc1C(=O)O. The van der Waals surface area contributed by atoms with Crippen molar-refractivity contribution in [2.75, 3.05) is 32.1 Å². The number of aromatic carboxylic acids is 1. The van der Waals surface area contributed by atoms with E-state index < -0.39 is 5.97 Å². The van der Waals surface area contributed by atoms with Crippen molar-refractivity contribution in [1.29, 1.82) is 0 Å². The van der Waals surface area contributed by atoms with E-state index in [0.29, 0.717) is 6.04 Å². The second kappa shape index (κ2) is 5.35. The zero-order valence-electron chi connectivity index (χ0n) is 10.8. The number of carbonyl (C=O) groups is 1. The molecule has 0 radical (unpaired) electrons. The Kier molecular flexibility index (Phi) is 3.81. The van der Waals surface area contributed by atoms with E-state index in [1.807, 2.05) is 20.2 Å². The first-order valence-corrected chi connectivity index (χ1v) is 6.19. The fraction of sp³-hybridized carbons (Fsp3) is 0.538. The van der Waals surface area contributed by atoms with Gasteiger partial charge >= 0.3 is 5.97 Å². The molecule has 0 amide bonds. The number of hydrogen-bond donors (Lipinski definition) is 1. The summed E-state index contributed by atoms with van der Waals surface area (Å²) in [5.41, 5.74) is 0.900. The van der Waals surface area contributed by atoms with Gasteiger partial charge in [-0.25, -0.2) is 9.78 Å². The molecule has 5 nitrogen and oxygen atoms in total. The van der Waals surface area contributed by atoms with Crippen molar-refractivity contribution >= 4 is 11.7 Å². The first-order chi connectivity index (χ1) is 8.59. The summed E-state index contributed by atoms with van der Waals surface area (Å²) in [7, 11) is 4.08. The highest BCUT2D eigenvalue weighted by molar-refractivity contribution is 5.92.